The summed E-state index contributed by atoms with van der Waals surface area (Å²) >= 11 is 2.10. The van der Waals surface area contributed by atoms with Crippen LogP contribution in [0.1, 0.15) is 90.4 Å². The zero-order valence-corrected chi connectivity index (χ0v) is 18.0. The maximum atomic E-state index is 2.50. The maximum absolute atomic E-state index is 2.50. The van der Waals surface area contributed by atoms with Crippen LogP contribution in [0.4, 0.5) is 0 Å². The molecule has 0 radical (unpaired) electrons. The standard InChI is InChI=1S/C20H44SSi/c1-5-21-19-17-15-13-11-9-7-6-8-10-12-14-16-18-20-22(2,3)4/h5-20H2,1-4H3. The van der Waals surface area contributed by atoms with E-state index in [4.69, 9.17) is 0 Å². The van der Waals surface area contributed by atoms with E-state index in [-0.39, 0.29) is 0 Å². The molecule has 0 saturated heterocycles. The van der Waals surface area contributed by atoms with Gasteiger partial charge < -0.3 is 0 Å². The van der Waals surface area contributed by atoms with Crippen LogP contribution >= 0.6 is 11.8 Å². The van der Waals surface area contributed by atoms with Gasteiger partial charge in [-0.15, -0.1) is 0 Å². The molecule has 0 aliphatic rings. The second kappa shape index (κ2) is 16.4. The van der Waals surface area contributed by atoms with Crippen molar-refractivity contribution in [3.05, 3.63) is 0 Å². The Morgan fingerprint density at radius 3 is 1.27 bits per heavy atom. The summed E-state index contributed by atoms with van der Waals surface area (Å²) in [5, 5.41) is 0. The van der Waals surface area contributed by atoms with Gasteiger partial charge in [0, 0.05) is 8.07 Å². The molecule has 0 spiro atoms. The second-order valence-corrected chi connectivity index (χ2v) is 15.1. The molecule has 134 valence electrons. The first-order valence-corrected chi connectivity index (χ1v) is 15.0. The van der Waals surface area contributed by atoms with E-state index in [2.05, 4.69) is 38.3 Å². The topological polar surface area (TPSA) is 0 Å². The number of thioether (sulfide) groups is 1. The lowest BCUT2D eigenvalue weighted by Gasteiger charge is -2.14. The van der Waals surface area contributed by atoms with Crippen LogP contribution in [0.15, 0.2) is 0 Å². The van der Waals surface area contributed by atoms with Crippen LogP contribution in [0.3, 0.4) is 0 Å². The molecule has 0 nitrogen and oxygen atoms in total. The molecular weight excluding hydrogens is 300 g/mol. The van der Waals surface area contributed by atoms with Crippen molar-refractivity contribution in [2.45, 2.75) is 116 Å². The minimum atomic E-state index is -0.765. The largest absolute Gasteiger partial charge is 0.162 e. The van der Waals surface area contributed by atoms with E-state index in [1.807, 2.05) is 0 Å². The molecule has 0 aliphatic heterocycles. The number of rotatable bonds is 17. The van der Waals surface area contributed by atoms with Crippen LogP contribution in [-0.2, 0) is 0 Å². The molecule has 0 bridgehead atoms. The fourth-order valence-corrected chi connectivity index (χ4v) is 4.96. The van der Waals surface area contributed by atoms with Gasteiger partial charge in [-0.25, -0.2) is 0 Å². The lowest BCUT2D eigenvalue weighted by molar-refractivity contribution is 0.542. The molecule has 0 unspecified atom stereocenters. The second-order valence-electron chi connectivity index (χ2n) is 8.10. The summed E-state index contributed by atoms with van der Waals surface area (Å²) in [6.45, 7) is 9.75. The van der Waals surface area contributed by atoms with E-state index in [0.29, 0.717) is 0 Å². The number of unbranched alkanes of at least 4 members (excludes halogenated alkanes) is 12. The predicted octanol–water partition coefficient (Wildman–Crippen LogP) is 8.15. The summed E-state index contributed by atoms with van der Waals surface area (Å²) in [6.07, 6.45) is 19.2. The minimum Gasteiger partial charge on any atom is -0.162 e. The normalized spacial score (nSPS) is 12.0. The van der Waals surface area contributed by atoms with Gasteiger partial charge in [-0.05, 0) is 17.9 Å². The van der Waals surface area contributed by atoms with Crippen molar-refractivity contribution in [1.82, 2.24) is 0 Å². The summed E-state index contributed by atoms with van der Waals surface area (Å²) in [5.41, 5.74) is 0. The Bertz CT molecular complexity index is 210. The molecule has 0 aliphatic carbocycles. The highest BCUT2D eigenvalue weighted by molar-refractivity contribution is 7.99. The molecule has 0 atom stereocenters. The van der Waals surface area contributed by atoms with E-state index in [1.165, 1.54) is 101 Å². The third-order valence-corrected chi connectivity index (χ3v) is 7.26. The van der Waals surface area contributed by atoms with Crippen molar-refractivity contribution in [3.8, 4) is 0 Å². The van der Waals surface area contributed by atoms with E-state index < -0.39 is 8.07 Å². The van der Waals surface area contributed by atoms with E-state index in [9.17, 15) is 0 Å². The molecule has 2 heteroatoms. The molecule has 0 heterocycles. The third-order valence-electron chi connectivity index (χ3n) is 4.42. The average molecular weight is 345 g/mol. The molecule has 22 heavy (non-hydrogen) atoms. The summed E-state index contributed by atoms with van der Waals surface area (Å²) in [4.78, 5) is 0. The fraction of sp³-hybridized carbons (Fsp3) is 1.00. The van der Waals surface area contributed by atoms with Crippen molar-refractivity contribution in [3.63, 3.8) is 0 Å². The van der Waals surface area contributed by atoms with Crippen LogP contribution < -0.4 is 0 Å². The van der Waals surface area contributed by atoms with Gasteiger partial charge in [-0.3, -0.25) is 0 Å². The zero-order chi connectivity index (χ0) is 16.5. The van der Waals surface area contributed by atoms with Crippen molar-refractivity contribution < 1.29 is 0 Å². The first-order chi connectivity index (χ1) is 10.6. The van der Waals surface area contributed by atoms with Crippen LogP contribution in [0.5, 0.6) is 0 Å². The van der Waals surface area contributed by atoms with Crippen molar-refractivity contribution in [1.29, 1.82) is 0 Å². The SMILES string of the molecule is CCSCCCCCCCCCCCCCCC[Si](C)(C)C. The molecule has 0 N–H and O–H groups in total. The van der Waals surface area contributed by atoms with Gasteiger partial charge in [0.05, 0.1) is 0 Å². The number of hydrogen-bond donors (Lipinski definition) is 0. The van der Waals surface area contributed by atoms with Gasteiger partial charge in [0.25, 0.3) is 0 Å². The smallest absolute Gasteiger partial charge is 0.0442 e. The average Bonchev–Trinajstić information content (AvgIpc) is 2.45. The molecule has 0 saturated carbocycles. The molecule has 0 rings (SSSR count). The summed E-state index contributed by atoms with van der Waals surface area (Å²) in [6, 6.07) is 1.53. The number of hydrogen-bond acceptors (Lipinski definition) is 1. The quantitative estimate of drug-likeness (QED) is 0.189. The van der Waals surface area contributed by atoms with Gasteiger partial charge in [-0.1, -0.05) is 110 Å². The molecular formula is C20H44SSi. The zero-order valence-electron chi connectivity index (χ0n) is 16.2. The van der Waals surface area contributed by atoms with E-state index >= 15 is 0 Å². The lowest BCUT2D eigenvalue weighted by Crippen LogP contribution is -2.18. The lowest BCUT2D eigenvalue weighted by atomic mass is 10.0. The highest BCUT2D eigenvalue weighted by Gasteiger charge is 2.11. The van der Waals surface area contributed by atoms with Gasteiger partial charge >= 0.3 is 0 Å². The Hall–Kier alpha value is 0.567. The van der Waals surface area contributed by atoms with Crippen LogP contribution in [0, 0.1) is 0 Å². The molecule has 0 aromatic carbocycles. The predicted molar refractivity (Wildman–Crippen MR) is 111 cm³/mol. The Labute approximate surface area is 147 Å². The Morgan fingerprint density at radius 2 is 0.909 bits per heavy atom. The molecule has 0 fully saturated rings. The Morgan fingerprint density at radius 1 is 0.545 bits per heavy atom. The van der Waals surface area contributed by atoms with Crippen LogP contribution in [0.2, 0.25) is 25.7 Å². The van der Waals surface area contributed by atoms with Gasteiger partial charge in [0.1, 0.15) is 0 Å². The first kappa shape index (κ1) is 22.6. The molecule has 0 aromatic rings. The van der Waals surface area contributed by atoms with Crippen molar-refractivity contribution in [2.75, 3.05) is 11.5 Å². The van der Waals surface area contributed by atoms with Gasteiger partial charge in [0.15, 0.2) is 0 Å². The molecule has 0 amide bonds. The maximum Gasteiger partial charge on any atom is 0.0442 e. The van der Waals surface area contributed by atoms with Crippen LogP contribution in [-0.4, -0.2) is 19.6 Å². The van der Waals surface area contributed by atoms with E-state index in [0.717, 1.165) is 0 Å². The summed E-state index contributed by atoms with van der Waals surface area (Å²) in [5.74, 6) is 2.67. The first-order valence-electron chi connectivity index (χ1n) is 10.1. The van der Waals surface area contributed by atoms with Crippen molar-refractivity contribution >= 4 is 19.8 Å². The fourth-order valence-electron chi connectivity index (χ4n) is 2.95. The van der Waals surface area contributed by atoms with E-state index in [1.54, 1.807) is 0 Å². The summed E-state index contributed by atoms with van der Waals surface area (Å²) < 4.78 is 0. The minimum absolute atomic E-state index is 0.765. The van der Waals surface area contributed by atoms with Gasteiger partial charge in [-0.2, -0.15) is 11.8 Å². The van der Waals surface area contributed by atoms with Crippen LogP contribution in [0.25, 0.3) is 0 Å². The Balaban J connectivity index is 3.00. The van der Waals surface area contributed by atoms with Crippen molar-refractivity contribution in [2.24, 2.45) is 0 Å². The highest BCUT2D eigenvalue weighted by atomic mass is 32.2. The van der Waals surface area contributed by atoms with Gasteiger partial charge in [0.2, 0.25) is 0 Å². The highest BCUT2D eigenvalue weighted by Crippen LogP contribution is 2.16. The monoisotopic (exact) mass is 344 g/mol. The Kier molecular flexibility index (Phi) is 16.8. The third kappa shape index (κ3) is 20.6. The summed E-state index contributed by atoms with van der Waals surface area (Å²) in [7, 11) is -0.765. The molecule has 0 aromatic heterocycles.